The standard InChI is InChI=1S/C18H22O/c1-2-8-16(17-11-6-7-12-18(17)19)14-13-15-9-4-3-5-10-15/h2-5,9-10H,1,6-8,11-14H2/b17-16+. The Morgan fingerprint density at radius 2 is 1.89 bits per heavy atom. The molecule has 1 aliphatic carbocycles. The summed E-state index contributed by atoms with van der Waals surface area (Å²) in [6.45, 7) is 3.83. The highest BCUT2D eigenvalue weighted by Gasteiger charge is 2.18. The molecule has 2 rings (SSSR count). The third-order valence-electron chi connectivity index (χ3n) is 3.79. The predicted molar refractivity (Wildman–Crippen MR) is 80.1 cm³/mol. The zero-order chi connectivity index (χ0) is 13.5. The Morgan fingerprint density at radius 3 is 2.58 bits per heavy atom. The van der Waals surface area contributed by atoms with Crippen LogP contribution in [-0.2, 0) is 11.2 Å². The van der Waals surface area contributed by atoms with Crippen LogP contribution < -0.4 is 0 Å². The van der Waals surface area contributed by atoms with E-state index in [1.807, 2.05) is 12.1 Å². The molecule has 0 bridgehead atoms. The molecule has 1 aromatic rings. The van der Waals surface area contributed by atoms with Crippen molar-refractivity contribution in [2.45, 2.75) is 44.9 Å². The Balaban J connectivity index is 2.09. The molecule has 0 amide bonds. The second kappa shape index (κ2) is 7.08. The number of rotatable bonds is 5. The highest BCUT2D eigenvalue weighted by atomic mass is 16.1. The molecule has 0 aromatic heterocycles. The predicted octanol–water partition coefficient (Wildman–Crippen LogP) is 4.64. The van der Waals surface area contributed by atoms with Crippen molar-refractivity contribution in [3.05, 3.63) is 59.7 Å². The van der Waals surface area contributed by atoms with Gasteiger partial charge in [0.2, 0.25) is 0 Å². The number of hydrogen-bond donors (Lipinski definition) is 0. The van der Waals surface area contributed by atoms with Gasteiger partial charge in [0.25, 0.3) is 0 Å². The van der Waals surface area contributed by atoms with Crippen molar-refractivity contribution in [2.75, 3.05) is 0 Å². The number of Topliss-reactive ketones (excluding diaryl/α,β-unsaturated/α-hetero) is 1. The molecule has 0 atom stereocenters. The quantitative estimate of drug-likeness (QED) is 0.553. The number of allylic oxidation sites excluding steroid dienone is 3. The van der Waals surface area contributed by atoms with E-state index < -0.39 is 0 Å². The third-order valence-corrected chi connectivity index (χ3v) is 3.79. The van der Waals surface area contributed by atoms with Crippen LogP contribution in [-0.4, -0.2) is 5.78 Å². The van der Waals surface area contributed by atoms with Gasteiger partial charge in [-0.25, -0.2) is 0 Å². The minimum Gasteiger partial charge on any atom is -0.295 e. The topological polar surface area (TPSA) is 17.1 Å². The molecule has 1 fully saturated rings. The summed E-state index contributed by atoms with van der Waals surface area (Å²) in [7, 11) is 0. The highest BCUT2D eigenvalue weighted by molar-refractivity contribution is 5.96. The van der Waals surface area contributed by atoms with Gasteiger partial charge in [-0.2, -0.15) is 0 Å². The number of carbonyl (C=O) groups is 1. The SMILES string of the molecule is C=CC/C(CCc1ccccc1)=C1/CCCCC1=O. The van der Waals surface area contributed by atoms with Crippen LogP contribution in [0, 0.1) is 0 Å². The maximum Gasteiger partial charge on any atom is 0.158 e. The van der Waals surface area contributed by atoms with Crippen LogP contribution in [0.2, 0.25) is 0 Å². The minimum absolute atomic E-state index is 0.371. The van der Waals surface area contributed by atoms with Gasteiger partial charge < -0.3 is 0 Å². The number of carbonyl (C=O) groups excluding carboxylic acids is 1. The zero-order valence-corrected chi connectivity index (χ0v) is 11.5. The lowest BCUT2D eigenvalue weighted by Gasteiger charge is -2.18. The molecule has 1 aromatic carbocycles. The molecule has 100 valence electrons. The Hall–Kier alpha value is -1.63. The fraction of sp³-hybridized carbons (Fsp3) is 0.389. The third kappa shape index (κ3) is 3.92. The monoisotopic (exact) mass is 254 g/mol. The van der Waals surface area contributed by atoms with E-state index in [-0.39, 0.29) is 0 Å². The molecule has 0 heterocycles. The fourth-order valence-electron chi connectivity index (χ4n) is 2.74. The van der Waals surface area contributed by atoms with Crippen LogP contribution in [0.1, 0.15) is 44.1 Å². The normalized spacial score (nSPS) is 18.2. The van der Waals surface area contributed by atoms with E-state index in [1.54, 1.807) is 0 Å². The Kier molecular flexibility index (Phi) is 5.14. The highest BCUT2D eigenvalue weighted by Crippen LogP contribution is 2.27. The lowest BCUT2D eigenvalue weighted by Crippen LogP contribution is -2.11. The van der Waals surface area contributed by atoms with Gasteiger partial charge in [0, 0.05) is 6.42 Å². The molecule has 0 spiro atoms. The van der Waals surface area contributed by atoms with E-state index in [1.165, 1.54) is 11.1 Å². The average molecular weight is 254 g/mol. The van der Waals surface area contributed by atoms with Crippen molar-refractivity contribution < 1.29 is 4.79 Å². The Labute approximate surface area is 116 Å². The molecular weight excluding hydrogens is 232 g/mol. The first-order valence-corrected chi connectivity index (χ1v) is 7.20. The summed E-state index contributed by atoms with van der Waals surface area (Å²) in [5.41, 5.74) is 3.75. The van der Waals surface area contributed by atoms with Crippen molar-refractivity contribution >= 4 is 5.78 Å². The largest absolute Gasteiger partial charge is 0.295 e. The first-order chi connectivity index (χ1) is 9.31. The van der Waals surface area contributed by atoms with E-state index in [0.717, 1.165) is 50.5 Å². The van der Waals surface area contributed by atoms with Crippen LogP contribution >= 0.6 is 0 Å². The molecule has 1 heteroatoms. The first-order valence-electron chi connectivity index (χ1n) is 7.20. The summed E-state index contributed by atoms with van der Waals surface area (Å²) in [5, 5.41) is 0. The lowest BCUT2D eigenvalue weighted by atomic mass is 9.86. The molecule has 1 aliphatic rings. The second-order valence-corrected chi connectivity index (χ2v) is 5.19. The van der Waals surface area contributed by atoms with Gasteiger partial charge in [-0.3, -0.25) is 4.79 Å². The van der Waals surface area contributed by atoms with Gasteiger partial charge >= 0.3 is 0 Å². The molecule has 0 unspecified atom stereocenters. The smallest absolute Gasteiger partial charge is 0.158 e. The number of hydrogen-bond acceptors (Lipinski definition) is 1. The summed E-state index contributed by atoms with van der Waals surface area (Å²) in [6, 6.07) is 10.5. The van der Waals surface area contributed by atoms with Gasteiger partial charge in [-0.1, -0.05) is 42.0 Å². The zero-order valence-electron chi connectivity index (χ0n) is 11.5. The van der Waals surface area contributed by atoms with Crippen LogP contribution in [0.5, 0.6) is 0 Å². The Morgan fingerprint density at radius 1 is 1.16 bits per heavy atom. The molecule has 1 nitrogen and oxygen atoms in total. The maximum atomic E-state index is 12.0. The molecule has 0 saturated heterocycles. The van der Waals surface area contributed by atoms with Crippen LogP contribution in [0.15, 0.2) is 54.1 Å². The Bertz CT molecular complexity index is 468. The van der Waals surface area contributed by atoms with Gasteiger partial charge in [0.15, 0.2) is 5.78 Å². The maximum absolute atomic E-state index is 12.0. The molecule has 1 saturated carbocycles. The second-order valence-electron chi connectivity index (χ2n) is 5.19. The van der Waals surface area contributed by atoms with Crippen molar-refractivity contribution in [1.82, 2.24) is 0 Å². The summed E-state index contributed by atoms with van der Waals surface area (Å²) in [5.74, 6) is 0.371. The average Bonchev–Trinajstić information content (AvgIpc) is 2.45. The lowest BCUT2D eigenvalue weighted by molar-refractivity contribution is -0.116. The van der Waals surface area contributed by atoms with Crippen LogP contribution in [0.3, 0.4) is 0 Å². The van der Waals surface area contributed by atoms with E-state index in [2.05, 4.69) is 30.8 Å². The van der Waals surface area contributed by atoms with Crippen molar-refractivity contribution in [3.8, 4) is 0 Å². The van der Waals surface area contributed by atoms with Gasteiger partial charge in [0.1, 0.15) is 0 Å². The summed E-state index contributed by atoms with van der Waals surface area (Å²) >= 11 is 0. The summed E-state index contributed by atoms with van der Waals surface area (Å²) in [4.78, 5) is 12.0. The molecule has 0 radical (unpaired) electrons. The van der Waals surface area contributed by atoms with Gasteiger partial charge in [-0.15, -0.1) is 6.58 Å². The molecule has 19 heavy (non-hydrogen) atoms. The molecule has 0 N–H and O–H groups in total. The number of ketones is 1. The number of benzene rings is 1. The van der Waals surface area contributed by atoms with Crippen molar-refractivity contribution in [3.63, 3.8) is 0 Å². The first kappa shape index (κ1) is 13.8. The summed E-state index contributed by atoms with van der Waals surface area (Å²) in [6.07, 6.45) is 8.70. The van der Waals surface area contributed by atoms with Gasteiger partial charge in [0.05, 0.1) is 0 Å². The van der Waals surface area contributed by atoms with Gasteiger partial charge in [-0.05, 0) is 49.7 Å². The van der Waals surface area contributed by atoms with E-state index in [4.69, 9.17) is 0 Å². The van der Waals surface area contributed by atoms with Crippen molar-refractivity contribution in [1.29, 1.82) is 0 Å². The molecular formula is C18H22O. The molecule has 0 aliphatic heterocycles. The van der Waals surface area contributed by atoms with E-state index in [0.29, 0.717) is 5.78 Å². The van der Waals surface area contributed by atoms with Crippen LogP contribution in [0.25, 0.3) is 0 Å². The fourth-order valence-corrected chi connectivity index (χ4v) is 2.74. The summed E-state index contributed by atoms with van der Waals surface area (Å²) < 4.78 is 0. The van der Waals surface area contributed by atoms with Crippen LogP contribution in [0.4, 0.5) is 0 Å². The van der Waals surface area contributed by atoms with Crippen molar-refractivity contribution in [2.24, 2.45) is 0 Å². The number of aryl methyl sites for hydroxylation is 1. The van der Waals surface area contributed by atoms with E-state index in [9.17, 15) is 4.79 Å². The minimum atomic E-state index is 0.371. The van der Waals surface area contributed by atoms with E-state index >= 15 is 0 Å².